The molecule has 1 aliphatic carbocycles. The number of alkyl carbamates (subject to hydrolysis) is 1. The molecule has 1 fully saturated rings. The number of nitrogens with one attached hydrogen (secondary N) is 1. The average Bonchev–Trinajstić information content (AvgIpc) is 3.62. The maximum absolute atomic E-state index is 13.3. The summed E-state index contributed by atoms with van der Waals surface area (Å²) in [4.78, 5) is 51.3. The third-order valence-corrected chi connectivity index (χ3v) is 9.37. The molecule has 312 valence electrons. The van der Waals surface area contributed by atoms with E-state index in [0.717, 1.165) is 22.3 Å². The van der Waals surface area contributed by atoms with E-state index < -0.39 is 87.3 Å². The van der Waals surface area contributed by atoms with Gasteiger partial charge in [0, 0.05) is 5.92 Å². The van der Waals surface area contributed by atoms with Crippen LogP contribution in [0.1, 0.15) is 58.6 Å². The third-order valence-electron chi connectivity index (χ3n) is 7.97. The zero-order chi connectivity index (χ0) is 42.0. The Balaban J connectivity index is 1.53. The molecule has 1 aliphatic heterocycles. The lowest BCUT2D eigenvalue weighted by molar-refractivity contribution is -0.181. The lowest BCUT2D eigenvalue weighted by Gasteiger charge is -2.27. The number of hydrogen-bond donors (Lipinski definition) is 2. The van der Waals surface area contributed by atoms with Gasteiger partial charge in [0.05, 0.1) is 26.4 Å². The van der Waals surface area contributed by atoms with Gasteiger partial charge in [-0.25, -0.2) is 23.7 Å². The van der Waals surface area contributed by atoms with Gasteiger partial charge in [0.25, 0.3) is 0 Å². The molecule has 5 atom stereocenters. The Labute approximate surface area is 331 Å². The molecule has 0 radical (unpaired) electrons. The largest absolute Gasteiger partial charge is 0.509 e. The topological polar surface area (TPSA) is 210 Å². The number of benzene rings is 2. The van der Waals surface area contributed by atoms with Gasteiger partial charge in [-0.05, 0) is 63.8 Å². The number of hydrogen-bond acceptors (Lipinski definition) is 15. The van der Waals surface area contributed by atoms with Gasteiger partial charge >= 0.3 is 32.2 Å². The van der Waals surface area contributed by atoms with Crippen LogP contribution < -0.4 is 5.32 Å². The highest BCUT2D eigenvalue weighted by molar-refractivity contribution is 7.48. The number of carboxylic acids is 1. The van der Waals surface area contributed by atoms with Crippen LogP contribution in [0.15, 0.2) is 73.8 Å². The van der Waals surface area contributed by atoms with Crippen LogP contribution in [0.4, 0.5) is 14.4 Å². The van der Waals surface area contributed by atoms with E-state index in [1.165, 1.54) is 12.2 Å². The SMILES string of the molecule is C=CCOP(=O)(OCC=C)OC[C@H]1O[C@H](OC[C@H](NC(=O)OCC2c3ccccc3-c3ccccc32)C(=O)O)[C@H](OC(=O)OC(C)(C)C)[C@@H]1OC(=O)OC(C)(C)C. The van der Waals surface area contributed by atoms with Crippen molar-refractivity contribution < 1.29 is 75.6 Å². The fourth-order valence-corrected chi connectivity index (χ4v) is 6.84. The van der Waals surface area contributed by atoms with Crippen molar-refractivity contribution >= 4 is 32.2 Å². The second-order valence-corrected chi connectivity index (χ2v) is 16.4. The lowest BCUT2D eigenvalue weighted by atomic mass is 9.98. The first-order valence-electron chi connectivity index (χ1n) is 18.0. The van der Waals surface area contributed by atoms with E-state index in [1.807, 2.05) is 48.5 Å². The van der Waals surface area contributed by atoms with Crippen molar-refractivity contribution in [2.75, 3.05) is 33.0 Å². The first kappa shape index (κ1) is 44.9. The molecule has 2 aromatic carbocycles. The summed E-state index contributed by atoms with van der Waals surface area (Å²) < 4.78 is 68.3. The third kappa shape index (κ3) is 13.1. The highest BCUT2D eigenvalue weighted by Gasteiger charge is 2.53. The van der Waals surface area contributed by atoms with E-state index >= 15 is 0 Å². The van der Waals surface area contributed by atoms with Crippen LogP contribution in [-0.2, 0) is 56.1 Å². The van der Waals surface area contributed by atoms with Gasteiger partial charge in [-0.2, -0.15) is 0 Å². The maximum Gasteiger partial charge on any atom is 0.509 e. The van der Waals surface area contributed by atoms with Gasteiger partial charge in [-0.3, -0.25) is 13.6 Å². The van der Waals surface area contributed by atoms with Crippen molar-refractivity contribution in [1.29, 1.82) is 0 Å². The molecule has 1 heterocycles. The van der Waals surface area contributed by atoms with Crippen molar-refractivity contribution in [2.24, 2.45) is 0 Å². The van der Waals surface area contributed by atoms with E-state index in [4.69, 9.17) is 46.7 Å². The van der Waals surface area contributed by atoms with E-state index in [0.29, 0.717) is 0 Å². The van der Waals surface area contributed by atoms with Gasteiger partial charge < -0.3 is 43.6 Å². The molecular weight excluding hydrogens is 769 g/mol. The number of rotatable bonds is 18. The highest BCUT2D eigenvalue weighted by atomic mass is 31.2. The summed E-state index contributed by atoms with van der Waals surface area (Å²) in [5, 5.41) is 12.3. The zero-order valence-corrected chi connectivity index (χ0v) is 33.6. The molecule has 0 bridgehead atoms. The van der Waals surface area contributed by atoms with Crippen molar-refractivity contribution in [3.8, 4) is 11.1 Å². The molecule has 57 heavy (non-hydrogen) atoms. The van der Waals surface area contributed by atoms with Crippen LogP contribution in [0.3, 0.4) is 0 Å². The Morgan fingerprint density at radius 3 is 1.81 bits per heavy atom. The fraction of sp³-hybridized carbons (Fsp3) is 0.487. The molecule has 0 unspecified atom stereocenters. The van der Waals surface area contributed by atoms with Crippen LogP contribution in [-0.4, -0.2) is 104 Å². The summed E-state index contributed by atoms with van der Waals surface area (Å²) in [6.07, 6.45) is -7.26. The van der Waals surface area contributed by atoms with E-state index in [2.05, 4.69) is 18.5 Å². The molecule has 0 spiro atoms. The van der Waals surface area contributed by atoms with Gasteiger partial charge in [0.1, 0.15) is 23.9 Å². The maximum atomic E-state index is 13.3. The highest BCUT2D eigenvalue weighted by Crippen LogP contribution is 2.50. The Morgan fingerprint density at radius 1 is 0.807 bits per heavy atom. The van der Waals surface area contributed by atoms with E-state index in [-0.39, 0.29) is 25.7 Å². The van der Waals surface area contributed by atoms with Crippen molar-refractivity contribution in [3.63, 3.8) is 0 Å². The average molecular weight is 820 g/mol. The number of carbonyl (C=O) groups is 4. The normalized spacial score (nSPS) is 19.7. The number of amides is 1. The van der Waals surface area contributed by atoms with Crippen LogP contribution >= 0.6 is 7.82 Å². The Morgan fingerprint density at radius 2 is 1.32 bits per heavy atom. The van der Waals surface area contributed by atoms with Crippen LogP contribution in [0.2, 0.25) is 0 Å². The number of ether oxygens (including phenoxy) is 7. The van der Waals surface area contributed by atoms with Gasteiger partial charge in [-0.15, -0.1) is 13.2 Å². The number of carbonyl (C=O) groups excluding carboxylic acids is 3. The van der Waals surface area contributed by atoms with Crippen LogP contribution in [0, 0.1) is 0 Å². The van der Waals surface area contributed by atoms with E-state index in [1.54, 1.807) is 41.5 Å². The molecule has 2 aliphatic rings. The first-order chi connectivity index (χ1) is 26.8. The Hall–Kier alpha value is -4.77. The summed E-state index contributed by atoms with van der Waals surface area (Å²) in [7, 11) is -4.31. The number of phosphoric acid groups is 1. The predicted molar refractivity (Wildman–Crippen MR) is 202 cm³/mol. The number of phosphoric ester groups is 1. The van der Waals surface area contributed by atoms with Crippen molar-refractivity contribution in [3.05, 3.63) is 85.0 Å². The monoisotopic (exact) mass is 819 g/mol. The van der Waals surface area contributed by atoms with Gasteiger partial charge in [0.15, 0.2) is 24.5 Å². The number of aliphatic carboxylic acids is 1. The van der Waals surface area contributed by atoms with E-state index in [9.17, 15) is 28.8 Å². The molecule has 18 heteroatoms. The lowest BCUT2D eigenvalue weighted by Crippen LogP contribution is -2.47. The molecule has 4 rings (SSSR count). The molecule has 0 aromatic heterocycles. The Kier molecular flexibility index (Phi) is 15.4. The second-order valence-electron chi connectivity index (χ2n) is 14.7. The number of carboxylic acid groups (broad SMARTS) is 1. The molecule has 1 saturated heterocycles. The summed E-state index contributed by atoms with van der Waals surface area (Å²) >= 11 is 0. The minimum absolute atomic E-state index is 0.0904. The fourth-order valence-electron chi connectivity index (χ4n) is 5.71. The molecule has 2 aromatic rings. The summed E-state index contributed by atoms with van der Waals surface area (Å²) in [5.74, 6) is -1.80. The van der Waals surface area contributed by atoms with Crippen molar-refractivity contribution in [2.45, 2.75) is 89.3 Å². The molecule has 2 N–H and O–H groups in total. The molecule has 1 amide bonds. The van der Waals surface area contributed by atoms with Gasteiger partial charge in [0.2, 0.25) is 0 Å². The molecular formula is C39H50NO16P. The predicted octanol–water partition coefficient (Wildman–Crippen LogP) is 6.89. The molecule has 0 saturated carbocycles. The zero-order valence-electron chi connectivity index (χ0n) is 32.7. The minimum atomic E-state index is -4.31. The van der Waals surface area contributed by atoms with Crippen LogP contribution in [0.5, 0.6) is 0 Å². The summed E-state index contributed by atoms with van der Waals surface area (Å²) in [5.41, 5.74) is 1.87. The Bertz CT molecular complexity index is 1740. The van der Waals surface area contributed by atoms with Crippen molar-refractivity contribution in [1.82, 2.24) is 5.32 Å². The summed E-state index contributed by atoms with van der Waals surface area (Å²) in [6.45, 7) is 14.5. The quantitative estimate of drug-likeness (QED) is 0.0679. The standard InChI is InChI=1S/C39H50NO16P/c1-9-19-49-57(46,50-20-10-2)51-23-30-31(53-36(44)55-38(3,4)5)32(54-37(45)56-39(6,7)8)34(52-30)47-22-29(33(41)42)40-35(43)48-21-28-26-17-13-11-15-24(26)25-16-12-14-18-27(25)28/h9-18,28-32,34H,1-2,19-23H2,3-8H3,(H,40,43)(H,41,42)/t29-,30+,31+,32+,34-/m0/s1. The molecule has 17 nitrogen and oxygen atoms in total. The minimum Gasteiger partial charge on any atom is -0.480 e. The second kappa shape index (κ2) is 19.6. The smallest absolute Gasteiger partial charge is 0.480 e. The number of fused-ring (bicyclic) bond motifs is 3. The first-order valence-corrected chi connectivity index (χ1v) is 19.4. The van der Waals surface area contributed by atoms with Crippen LogP contribution in [0.25, 0.3) is 11.1 Å². The van der Waals surface area contributed by atoms with Gasteiger partial charge in [-0.1, -0.05) is 60.7 Å². The summed E-state index contributed by atoms with van der Waals surface area (Å²) in [6, 6.07) is 13.7.